The van der Waals surface area contributed by atoms with Crippen molar-refractivity contribution < 1.29 is 14.6 Å². The summed E-state index contributed by atoms with van der Waals surface area (Å²) in [6.07, 6.45) is 1.96. The van der Waals surface area contributed by atoms with Crippen LogP contribution in [0.1, 0.15) is 12.5 Å². The number of Topliss-reactive ketones (excluding diaryl/α,β-unsaturated/α-hetero) is 1. The molecule has 0 fully saturated rings. The molecule has 1 atom stereocenters. The van der Waals surface area contributed by atoms with Crippen molar-refractivity contribution in [1.29, 1.82) is 0 Å². The zero-order valence-corrected chi connectivity index (χ0v) is 11.5. The number of ketones is 1. The number of rotatable bonds is 0. The topological polar surface area (TPSA) is 164 Å². The maximum absolute atomic E-state index is 11.2. The van der Waals surface area contributed by atoms with Gasteiger partial charge in [-0.25, -0.2) is 9.97 Å². The number of anilines is 1. The van der Waals surface area contributed by atoms with E-state index in [1.807, 2.05) is 0 Å². The van der Waals surface area contributed by atoms with E-state index < -0.39 is 17.5 Å². The van der Waals surface area contributed by atoms with Crippen molar-refractivity contribution in [3.8, 4) is 11.8 Å². The zero-order valence-electron chi connectivity index (χ0n) is 11.5. The molecule has 3 rings (SSSR count). The molecule has 0 radical (unpaired) electrons. The van der Waals surface area contributed by atoms with Crippen molar-refractivity contribution in [3.05, 3.63) is 38.9 Å². The van der Waals surface area contributed by atoms with Gasteiger partial charge in [-0.2, -0.15) is 0 Å². The number of H-pyrrole nitrogens is 2. The molecule has 22 heavy (non-hydrogen) atoms. The first-order valence-corrected chi connectivity index (χ1v) is 6.18. The fourth-order valence-corrected chi connectivity index (χ4v) is 1.62. The molecule has 0 aliphatic carbocycles. The molecule has 2 aromatic heterocycles. The molecule has 0 amide bonds. The first-order valence-electron chi connectivity index (χ1n) is 6.18. The summed E-state index contributed by atoms with van der Waals surface area (Å²) >= 11 is 0. The van der Waals surface area contributed by atoms with Crippen molar-refractivity contribution in [2.45, 2.75) is 19.4 Å². The average Bonchev–Trinajstić information content (AvgIpc) is 2.48. The van der Waals surface area contributed by atoms with E-state index in [1.54, 1.807) is 6.92 Å². The maximum Gasteiger partial charge on any atom is 0.277 e. The zero-order chi connectivity index (χ0) is 16.3. The van der Waals surface area contributed by atoms with Crippen molar-refractivity contribution in [2.24, 2.45) is 0 Å². The van der Waals surface area contributed by atoms with Gasteiger partial charge in [-0.1, -0.05) is 0 Å². The number of hydrogen-bond acceptors (Lipinski definition) is 8. The summed E-state index contributed by atoms with van der Waals surface area (Å²) in [7, 11) is 0. The fraction of sp³-hybridized carbons (Fsp3) is 0.250. The van der Waals surface area contributed by atoms with E-state index in [1.165, 1.54) is 6.33 Å². The Bertz CT molecular complexity index is 812. The number of nitrogens with two attached hydrogens (primary N) is 1. The normalized spacial score (nSPS) is 16.0. The minimum atomic E-state index is -0.525. The van der Waals surface area contributed by atoms with Crippen LogP contribution in [0, 0.1) is 0 Å². The molecule has 0 bridgehead atoms. The highest BCUT2D eigenvalue weighted by Crippen LogP contribution is 2.18. The lowest BCUT2D eigenvalue weighted by Crippen LogP contribution is -2.34. The number of hydrogen-bond donors (Lipinski definition) is 4. The largest absolute Gasteiger partial charge is 0.492 e. The minimum Gasteiger partial charge on any atom is -0.492 e. The Hall–Kier alpha value is -3.17. The van der Waals surface area contributed by atoms with Crippen molar-refractivity contribution in [3.63, 3.8) is 0 Å². The SMILES string of the molecule is CC1Oc2nc[nH]c(=O)c2CC1=O.Nc1c(O)nc[nH]c1=O. The highest BCUT2D eigenvalue weighted by atomic mass is 16.5. The van der Waals surface area contributed by atoms with Gasteiger partial charge in [-0.05, 0) is 6.92 Å². The molecular formula is C12H13N5O5. The van der Waals surface area contributed by atoms with Crippen LogP contribution in [0.25, 0.3) is 0 Å². The Morgan fingerprint density at radius 3 is 2.50 bits per heavy atom. The van der Waals surface area contributed by atoms with Crippen LogP contribution >= 0.6 is 0 Å². The van der Waals surface area contributed by atoms with Crippen LogP contribution in [0.5, 0.6) is 11.8 Å². The summed E-state index contributed by atoms with van der Waals surface area (Å²) in [4.78, 5) is 44.6. The van der Waals surface area contributed by atoms with Crippen LogP contribution in [-0.4, -0.2) is 36.9 Å². The molecule has 10 heteroatoms. The Balaban J connectivity index is 0.000000172. The van der Waals surface area contributed by atoms with E-state index in [9.17, 15) is 14.4 Å². The molecule has 116 valence electrons. The summed E-state index contributed by atoms with van der Waals surface area (Å²) in [5, 5.41) is 8.64. The number of aromatic amines is 2. The van der Waals surface area contributed by atoms with E-state index in [4.69, 9.17) is 15.6 Å². The lowest BCUT2D eigenvalue weighted by molar-refractivity contribution is -0.125. The quantitative estimate of drug-likeness (QED) is 0.467. The van der Waals surface area contributed by atoms with Crippen LogP contribution < -0.4 is 21.6 Å². The molecule has 2 aromatic rings. The highest BCUT2D eigenvalue weighted by molar-refractivity contribution is 5.86. The minimum absolute atomic E-state index is 0.0917. The van der Waals surface area contributed by atoms with E-state index in [-0.39, 0.29) is 29.3 Å². The van der Waals surface area contributed by atoms with Gasteiger partial charge in [0, 0.05) is 6.42 Å². The molecule has 0 spiro atoms. The smallest absolute Gasteiger partial charge is 0.277 e. The van der Waals surface area contributed by atoms with E-state index in [0.717, 1.165) is 6.33 Å². The Labute approximate surface area is 123 Å². The third-order valence-electron chi connectivity index (χ3n) is 2.87. The molecule has 0 saturated carbocycles. The van der Waals surface area contributed by atoms with Crippen LogP contribution in [0.2, 0.25) is 0 Å². The number of aromatic hydroxyl groups is 1. The molecule has 1 aliphatic heterocycles. The highest BCUT2D eigenvalue weighted by Gasteiger charge is 2.26. The fourth-order valence-electron chi connectivity index (χ4n) is 1.62. The number of ether oxygens (including phenoxy) is 1. The monoisotopic (exact) mass is 307 g/mol. The molecule has 0 saturated heterocycles. The predicted molar refractivity (Wildman–Crippen MR) is 74.6 cm³/mol. The van der Waals surface area contributed by atoms with Crippen LogP contribution in [0.15, 0.2) is 22.2 Å². The van der Waals surface area contributed by atoms with E-state index in [2.05, 4.69) is 19.9 Å². The van der Waals surface area contributed by atoms with Crippen LogP contribution in [0.3, 0.4) is 0 Å². The summed E-state index contributed by atoms with van der Waals surface area (Å²) < 4.78 is 5.14. The molecule has 1 unspecified atom stereocenters. The lowest BCUT2D eigenvalue weighted by atomic mass is 10.1. The number of carbonyl (C=O) groups is 1. The van der Waals surface area contributed by atoms with Gasteiger partial charge in [0.25, 0.3) is 11.1 Å². The number of nitrogens with zero attached hydrogens (tertiary/aromatic N) is 2. The van der Waals surface area contributed by atoms with Gasteiger partial charge in [0.1, 0.15) is 0 Å². The molecule has 1 aliphatic rings. The summed E-state index contributed by atoms with van der Waals surface area (Å²) in [6, 6.07) is 0. The number of carbonyl (C=O) groups excluding carboxylic acids is 1. The molecular weight excluding hydrogens is 294 g/mol. The standard InChI is InChI=1S/C8H8N2O3.C4H5N3O2/c1-4-6(11)2-5-7(12)9-3-10-8(5)13-4;5-2-3(8)6-1-7-4(2)9/h3-4H,2H2,1H3,(H,9,10,12);1H,5H2,(H2,6,7,8,9). The second kappa shape index (κ2) is 6.08. The van der Waals surface area contributed by atoms with E-state index in [0.29, 0.717) is 5.56 Å². The molecule has 5 N–H and O–H groups in total. The third kappa shape index (κ3) is 3.11. The van der Waals surface area contributed by atoms with Gasteiger partial charge in [-0.15, -0.1) is 0 Å². The van der Waals surface area contributed by atoms with Gasteiger partial charge in [0.15, 0.2) is 17.6 Å². The molecule has 0 aromatic carbocycles. The predicted octanol–water partition coefficient (Wildman–Crippen LogP) is -1.28. The summed E-state index contributed by atoms with van der Waals surface area (Å²) in [5.74, 6) is -0.249. The Morgan fingerprint density at radius 2 is 1.86 bits per heavy atom. The summed E-state index contributed by atoms with van der Waals surface area (Å²) in [6.45, 7) is 1.65. The van der Waals surface area contributed by atoms with Crippen molar-refractivity contribution >= 4 is 11.5 Å². The Kier molecular flexibility index (Phi) is 4.20. The lowest BCUT2D eigenvalue weighted by Gasteiger charge is -2.19. The second-order valence-electron chi connectivity index (χ2n) is 4.39. The number of fused-ring (bicyclic) bond motifs is 1. The number of aromatic nitrogens is 4. The second-order valence-corrected chi connectivity index (χ2v) is 4.39. The van der Waals surface area contributed by atoms with Crippen molar-refractivity contribution in [1.82, 2.24) is 19.9 Å². The first kappa shape index (κ1) is 15.2. The van der Waals surface area contributed by atoms with E-state index >= 15 is 0 Å². The first-order chi connectivity index (χ1) is 10.4. The molecule has 10 nitrogen and oxygen atoms in total. The average molecular weight is 307 g/mol. The van der Waals surface area contributed by atoms with Gasteiger partial charge in [0.2, 0.25) is 11.8 Å². The van der Waals surface area contributed by atoms with Gasteiger partial charge in [-0.3, -0.25) is 14.4 Å². The number of nitrogen functional groups attached to an aromatic ring is 1. The van der Waals surface area contributed by atoms with Crippen LogP contribution in [0.4, 0.5) is 5.69 Å². The van der Waals surface area contributed by atoms with Gasteiger partial charge in [0.05, 0.1) is 18.2 Å². The van der Waals surface area contributed by atoms with Crippen molar-refractivity contribution in [2.75, 3.05) is 5.73 Å². The van der Waals surface area contributed by atoms with Gasteiger partial charge >= 0.3 is 0 Å². The Morgan fingerprint density at radius 1 is 1.23 bits per heavy atom. The number of nitrogens with one attached hydrogen (secondary N) is 2. The van der Waals surface area contributed by atoms with Crippen LogP contribution in [-0.2, 0) is 11.2 Å². The third-order valence-corrected chi connectivity index (χ3v) is 2.87. The summed E-state index contributed by atoms with van der Waals surface area (Å²) in [5.41, 5.74) is 4.27. The maximum atomic E-state index is 11.2. The molecule has 3 heterocycles. The van der Waals surface area contributed by atoms with Gasteiger partial charge < -0.3 is 25.5 Å².